The molecule has 0 bridgehead atoms. The van der Waals surface area contributed by atoms with E-state index in [0.29, 0.717) is 5.41 Å². The second kappa shape index (κ2) is 5.92. The van der Waals surface area contributed by atoms with Crippen molar-refractivity contribution >= 4 is 21.8 Å². The van der Waals surface area contributed by atoms with E-state index in [-0.39, 0.29) is 5.91 Å². The quantitative estimate of drug-likeness (QED) is 0.793. The predicted octanol–water partition coefficient (Wildman–Crippen LogP) is 4.17. The van der Waals surface area contributed by atoms with Crippen LogP contribution in [0.2, 0.25) is 0 Å². The second-order valence-corrected chi connectivity index (χ2v) is 7.68. The van der Waals surface area contributed by atoms with Crippen molar-refractivity contribution in [3.8, 4) is 0 Å². The number of hydrogen-bond donors (Lipinski definition) is 0. The van der Waals surface area contributed by atoms with E-state index in [0.717, 1.165) is 48.6 Å². The molecule has 0 atom stereocenters. The molecule has 1 aliphatic rings. The van der Waals surface area contributed by atoms with Crippen LogP contribution in [0, 0.1) is 11.3 Å². The third kappa shape index (κ3) is 3.27. The highest BCUT2D eigenvalue weighted by Crippen LogP contribution is 2.34. The molecule has 0 saturated carbocycles. The van der Waals surface area contributed by atoms with E-state index in [4.69, 9.17) is 0 Å². The Morgan fingerprint density at radius 2 is 1.95 bits per heavy atom. The first kappa shape index (κ1) is 15.6. The summed E-state index contributed by atoms with van der Waals surface area (Å²) in [5.41, 5.74) is 1.15. The fourth-order valence-electron chi connectivity index (χ4n) is 3.03. The van der Waals surface area contributed by atoms with Crippen molar-refractivity contribution in [2.45, 2.75) is 47.1 Å². The summed E-state index contributed by atoms with van der Waals surface area (Å²) < 4.78 is 3.00. The van der Waals surface area contributed by atoms with Crippen LogP contribution in [0.5, 0.6) is 0 Å². The van der Waals surface area contributed by atoms with Gasteiger partial charge in [-0.1, -0.05) is 20.8 Å². The van der Waals surface area contributed by atoms with Crippen LogP contribution in [0.15, 0.2) is 16.7 Å². The molecule has 0 N–H and O–H groups in total. The van der Waals surface area contributed by atoms with Crippen LogP contribution in [0.3, 0.4) is 0 Å². The summed E-state index contributed by atoms with van der Waals surface area (Å²) in [4.78, 5) is 14.6. The molecule has 0 unspecified atom stereocenters. The molecule has 1 amide bonds. The molecule has 0 spiro atoms. The number of carbonyl (C=O) groups excluding carboxylic acids is 1. The average molecular weight is 341 g/mol. The third-order valence-electron chi connectivity index (χ3n) is 4.43. The zero-order chi connectivity index (χ0) is 14.9. The number of likely N-dealkylation sites (tertiary alicyclic amines) is 1. The second-order valence-electron chi connectivity index (χ2n) is 6.76. The largest absolute Gasteiger partial charge is 0.343 e. The lowest BCUT2D eigenvalue weighted by Gasteiger charge is -2.38. The smallest absolute Gasteiger partial charge is 0.270 e. The fraction of sp³-hybridized carbons (Fsp3) is 0.688. The standard InChI is InChI=1S/C16H25BrN2O/c1-5-18-11-13(17)10-14(18)15(20)19-8-6-12(7-9-19)16(2,3)4/h10-12H,5-9H2,1-4H3. The van der Waals surface area contributed by atoms with Crippen molar-refractivity contribution in [3.63, 3.8) is 0 Å². The molecule has 112 valence electrons. The summed E-state index contributed by atoms with van der Waals surface area (Å²) in [6, 6.07) is 1.93. The van der Waals surface area contributed by atoms with E-state index in [9.17, 15) is 4.79 Å². The molecule has 3 nitrogen and oxygen atoms in total. The Morgan fingerprint density at radius 1 is 1.35 bits per heavy atom. The summed E-state index contributed by atoms with van der Waals surface area (Å²) >= 11 is 3.46. The van der Waals surface area contributed by atoms with Gasteiger partial charge in [0, 0.05) is 30.3 Å². The van der Waals surface area contributed by atoms with Crippen LogP contribution < -0.4 is 0 Å². The molecule has 0 aliphatic carbocycles. The minimum atomic E-state index is 0.171. The molecular weight excluding hydrogens is 316 g/mol. The number of halogens is 1. The highest BCUT2D eigenvalue weighted by molar-refractivity contribution is 9.10. The van der Waals surface area contributed by atoms with Crippen LogP contribution in [0.4, 0.5) is 0 Å². The number of aromatic nitrogens is 1. The van der Waals surface area contributed by atoms with Crippen molar-refractivity contribution in [2.24, 2.45) is 11.3 Å². The minimum Gasteiger partial charge on any atom is -0.343 e. The molecule has 1 fully saturated rings. The molecule has 1 aromatic heterocycles. The maximum Gasteiger partial charge on any atom is 0.270 e. The SMILES string of the molecule is CCn1cc(Br)cc1C(=O)N1CCC(C(C)(C)C)CC1. The zero-order valence-corrected chi connectivity index (χ0v) is 14.5. The molecule has 20 heavy (non-hydrogen) atoms. The molecule has 0 aromatic carbocycles. The Hall–Kier alpha value is -0.770. The third-order valence-corrected chi connectivity index (χ3v) is 4.86. The van der Waals surface area contributed by atoms with Gasteiger partial charge >= 0.3 is 0 Å². The van der Waals surface area contributed by atoms with Gasteiger partial charge in [0.1, 0.15) is 5.69 Å². The maximum absolute atomic E-state index is 12.6. The van der Waals surface area contributed by atoms with Gasteiger partial charge in [-0.3, -0.25) is 4.79 Å². The van der Waals surface area contributed by atoms with Crippen molar-refractivity contribution in [2.75, 3.05) is 13.1 Å². The average Bonchev–Trinajstić information content (AvgIpc) is 2.78. The van der Waals surface area contributed by atoms with Gasteiger partial charge in [-0.15, -0.1) is 0 Å². The Labute approximate surface area is 130 Å². The van der Waals surface area contributed by atoms with Crippen molar-refractivity contribution in [1.29, 1.82) is 0 Å². The van der Waals surface area contributed by atoms with Gasteiger partial charge in [-0.25, -0.2) is 0 Å². The number of amides is 1. The van der Waals surface area contributed by atoms with E-state index in [1.807, 2.05) is 21.7 Å². The van der Waals surface area contributed by atoms with Gasteiger partial charge in [0.2, 0.25) is 0 Å². The molecule has 2 heterocycles. The number of carbonyl (C=O) groups is 1. The molecule has 4 heteroatoms. The molecule has 1 aromatic rings. The first-order valence-electron chi connectivity index (χ1n) is 7.48. The predicted molar refractivity (Wildman–Crippen MR) is 85.9 cm³/mol. The maximum atomic E-state index is 12.6. The van der Waals surface area contributed by atoms with Crippen LogP contribution in [0.1, 0.15) is 51.0 Å². The summed E-state index contributed by atoms with van der Waals surface area (Å²) in [5.74, 6) is 0.890. The first-order valence-corrected chi connectivity index (χ1v) is 8.27. The summed E-state index contributed by atoms with van der Waals surface area (Å²) in [6.45, 7) is 11.6. The van der Waals surface area contributed by atoms with Crippen LogP contribution in [-0.4, -0.2) is 28.5 Å². The normalized spacial score (nSPS) is 17.6. The Kier molecular flexibility index (Phi) is 4.62. The highest BCUT2D eigenvalue weighted by atomic mass is 79.9. The van der Waals surface area contributed by atoms with Crippen molar-refractivity contribution < 1.29 is 4.79 Å². The van der Waals surface area contributed by atoms with E-state index in [1.54, 1.807) is 0 Å². The summed E-state index contributed by atoms with van der Waals surface area (Å²) in [6.07, 6.45) is 4.21. The molecular formula is C16H25BrN2O. The summed E-state index contributed by atoms with van der Waals surface area (Å²) in [5, 5.41) is 0. The molecule has 0 radical (unpaired) electrons. The van der Waals surface area contributed by atoms with Gasteiger partial charge in [0.05, 0.1) is 0 Å². The number of aryl methyl sites for hydroxylation is 1. The van der Waals surface area contributed by atoms with Crippen molar-refractivity contribution in [3.05, 3.63) is 22.4 Å². The summed E-state index contributed by atoms with van der Waals surface area (Å²) in [7, 11) is 0. The molecule has 1 aliphatic heterocycles. The van der Waals surface area contributed by atoms with E-state index in [1.165, 1.54) is 0 Å². The van der Waals surface area contributed by atoms with E-state index in [2.05, 4.69) is 43.6 Å². The number of piperidine rings is 1. The van der Waals surface area contributed by atoms with Crippen molar-refractivity contribution in [1.82, 2.24) is 9.47 Å². The lowest BCUT2D eigenvalue weighted by molar-refractivity contribution is 0.0598. The molecule has 2 rings (SSSR count). The van der Waals surface area contributed by atoms with Gasteiger partial charge in [0.15, 0.2) is 0 Å². The number of nitrogens with zero attached hydrogens (tertiary/aromatic N) is 2. The lowest BCUT2D eigenvalue weighted by atomic mass is 9.75. The fourth-order valence-corrected chi connectivity index (χ4v) is 3.49. The van der Waals surface area contributed by atoms with E-state index < -0.39 is 0 Å². The monoisotopic (exact) mass is 340 g/mol. The number of rotatable bonds is 2. The van der Waals surface area contributed by atoms with Gasteiger partial charge in [-0.05, 0) is 53.1 Å². The van der Waals surface area contributed by atoms with Crippen LogP contribution in [-0.2, 0) is 6.54 Å². The zero-order valence-electron chi connectivity index (χ0n) is 12.9. The van der Waals surface area contributed by atoms with E-state index >= 15 is 0 Å². The minimum absolute atomic E-state index is 0.171. The van der Waals surface area contributed by atoms with Crippen LogP contribution >= 0.6 is 15.9 Å². The Morgan fingerprint density at radius 3 is 2.45 bits per heavy atom. The lowest BCUT2D eigenvalue weighted by Crippen LogP contribution is -2.42. The van der Waals surface area contributed by atoms with Gasteiger partial charge in [0.25, 0.3) is 5.91 Å². The first-order chi connectivity index (χ1) is 9.32. The highest BCUT2D eigenvalue weighted by Gasteiger charge is 2.31. The molecule has 1 saturated heterocycles. The topological polar surface area (TPSA) is 25.2 Å². The van der Waals surface area contributed by atoms with Crippen LogP contribution in [0.25, 0.3) is 0 Å². The number of hydrogen-bond acceptors (Lipinski definition) is 1. The van der Waals surface area contributed by atoms with Gasteiger partial charge in [-0.2, -0.15) is 0 Å². The van der Waals surface area contributed by atoms with Gasteiger partial charge < -0.3 is 9.47 Å². The Bertz CT molecular complexity index is 479. The Balaban J connectivity index is 2.05.